The molecule has 2 aromatic heterocycles. The van der Waals surface area contributed by atoms with Gasteiger partial charge >= 0.3 is 0 Å². The number of nitrogens with zero attached hydrogens (tertiary/aromatic N) is 2. The molecule has 2 atom stereocenters. The fourth-order valence-electron chi connectivity index (χ4n) is 5.59. The molecular weight excluding hydrogens is 630 g/mol. The van der Waals surface area contributed by atoms with Crippen molar-refractivity contribution < 1.29 is 18.7 Å². The van der Waals surface area contributed by atoms with E-state index >= 15 is 4.39 Å². The Morgan fingerprint density at radius 3 is 2.52 bits per heavy atom. The van der Waals surface area contributed by atoms with E-state index < -0.39 is 5.82 Å². The second kappa shape index (κ2) is 14.7. The molecule has 0 aliphatic carbocycles. The maximum atomic E-state index is 15.4. The second-order valence-electron chi connectivity index (χ2n) is 11.3. The van der Waals surface area contributed by atoms with Crippen LogP contribution in [-0.2, 0) is 22.6 Å². The molecule has 1 amide bonds. The zero-order valence-corrected chi connectivity index (χ0v) is 26.8. The topological polar surface area (TPSA) is 109 Å². The van der Waals surface area contributed by atoms with E-state index in [0.717, 1.165) is 30.6 Å². The SMILES string of the molecule is COc1cc(-c2nccc(-c3cccc(Nc4nccc(CNC[C@H]5CCO5)c4F)c3Cl)c2Cl)ccc1CNC[C@H]1CCC(=O)N1. The van der Waals surface area contributed by atoms with Gasteiger partial charge in [0, 0.05) is 85.5 Å². The van der Waals surface area contributed by atoms with Gasteiger partial charge in [-0.05, 0) is 37.1 Å². The molecular formula is C34H35Cl2FN6O3. The Morgan fingerprint density at radius 2 is 1.76 bits per heavy atom. The van der Waals surface area contributed by atoms with Gasteiger partial charge in [0.25, 0.3) is 0 Å². The van der Waals surface area contributed by atoms with Crippen molar-refractivity contribution in [3.8, 4) is 28.1 Å². The molecule has 4 heterocycles. The second-order valence-corrected chi connectivity index (χ2v) is 12.1. The molecule has 0 radical (unpaired) electrons. The van der Waals surface area contributed by atoms with Gasteiger partial charge in [-0.25, -0.2) is 9.37 Å². The monoisotopic (exact) mass is 664 g/mol. The zero-order chi connectivity index (χ0) is 32.0. The summed E-state index contributed by atoms with van der Waals surface area (Å²) in [6, 6.07) is 14.9. The molecule has 2 aliphatic heterocycles. The summed E-state index contributed by atoms with van der Waals surface area (Å²) in [4.78, 5) is 20.3. The van der Waals surface area contributed by atoms with E-state index in [4.69, 9.17) is 32.7 Å². The summed E-state index contributed by atoms with van der Waals surface area (Å²) in [5, 5.41) is 13.5. The van der Waals surface area contributed by atoms with E-state index in [1.165, 1.54) is 0 Å². The summed E-state index contributed by atoms with van der Waals surface area (Å²) in [6.07, 6.45) is 5.85. The molecule has 0 bridgehead atoms. The summed E-state index contributed by atoms with van der Waals surface area (Å²) in [7, 11) is 1.62. The minimum absolute atomic E-state index is 0.0782. The van der Waals surface area contributed by atoms with Gasteiger partial charge in [-0.2, -0.15) is 0 Å². The Bertz CT molecular complexity index is 1720. The standard InChI is InChI=1S/C34H35Cl2FN6O3/c1-45-28-15-20(5-6-21(28)16-38-18-23-7-8-29(44)42-23)33-31(36)26(10-13-40-33)25-3-2-4-27(30(25)35)43-34-32(37)22(9-12-41-34)17-39-19-24-11-14-46-24/h2-6,9-10,12-13,15,23-24,38-39H,7-8,11,14,16-19H2,1H3,(H,41,43)(H,42,44)/t23-,24-/m1/s1. The van der Waals surface area contributed by atoms with Crippen LogP contribution >= 0.6 is 23.2 Å². The van der Waals surface area contributed by atoms with Crippen LogP contribution in [0.2, 0.25) is 10.0 Å². The maximum absolute atomic E-state index is 15.4. The predicted molar refractivity (Wildman–Crippen MR) is 178 cm³/mol. The van der Waals surface area contributed by atoms with Crippen LogP contribution < -0.4 is 26.0 Å². The highest BCUT2D eigenvalue weighted by molar-refractivity contribution is 6.39. The lowest BCUT2D eigenvalue weighted by molar-refractivity contribution is -0.119. The number of hydrogen-bond acceptors (Lipinski definition) is 8. The van der Waals surface area contributed by atoms with E-state index in [2.05, 4.69) is 31.2 Å². The fourth-order valence-corrected chi connectivity index (χ4v) is 6.18. The third kappa shape index (κ3) is 7.27. The number of nitrogens with one attached hydrogen (secondary N) is 4. The Balaban J connectivity index is 1.19. The summed E-state index contributed by atoms with van der Waals surface area (Å²) < 4.78 is 26.5. The van der Waals surface area contributed by atoms with Gasteiger partial charge in [-0.1, -0.05) is 47.5 Å². The number of carbonyl (C=O) groups is 1. The van der Waals surface area contributed by atoms with E-state index in [1.807, 2.05) is 30.3 Å². The van der Waals surface area contributed by atoms with Gasteiger partial charge in [0.15, 0.2) is 11.6 Å². The number of carbonyl (C=O) groups excluding carboxylic acids is 1. The van der Waals surface area contributed by atoms with Crippen LogP contribution in [0.25, 0.3) is 22.4 Å². The Kier molecular flexibility index (Phi) is 10.3. The largest absolute Gasteiger partial charge is 0.496 e. The summed E-state index contributed by atoms with van der Waals surface area (Å²) in [6.45, 7) is 3.07. The van der Waals surface area contributed by atoms with Crippen LogP contribution in [-0.4, -0.2) is 54.8 Å². The van der Waals surface area contributed by atoms with Gasteiger partial charge in [0.05, 0.1) is 34.6 Å². The molecule has 0 saturated carbocycles. The molecule has 2 aromatic carbocycles. The first kappa shape index (κ1) is 32.2. The number of benzene rings is 2. The summed E-state index contributed by atoms with van der Waals surface area (Å²) in [5.41, 5.74) is 4.63. The lowest BCUT2D eigenvalue weighted by atomic mass is 10.0. The molecule has 4 N–H and O–H groups in total. The van der Waals surface area contributed by atoms with Crippen LogP contribution in [0.3, 0.4) is 0 Å². The molecule has 12 heteroatoms. The van der Waals surface area contributed by atoms with Gasteiger partial charge in [0.1, 0.15) is 5.75 Å². The quantitative estimate of drug-likeness (QED) is 0.133. The molecule has 0 unspecified atom stereocenters. The fraction of sp³-hybridized carbons (Fsp3) is 0.324. The molecule has 2 saturated heterocycles. The van der Waals surface area contributed by atoms with Gasteiger partial charge in [-0.3, -0.25) is 9.78 Å². The number of aromatic nitrogens is 2. The van der Waals surface area contributed by atoms with Crippen molar-refractivity contribution in [2.45, 2.75) is 44.5 Å². The highest BCUT2D eigenvalue weighted by atomic mass is 35.5. The summed E-state index contributed by atoms with van der Waals surface area (Å²) in [5.74, 6) is 0.415. The lowest BCUT2D eigenvalue weighted by Gasteiger charge is -2.26. The first-order chi connectivity index (χ1) is 22.4. The van der Waals surface area contributed by atoms with Gasteiger partial charge < -0.3 is 30.7 Å². The van der Waals surface area contributed by atoms with E-state index in [0.29, 0.717) is 76.5 Å². The Hall–Kier alpha value is -3.80. The van der Waals surface area contributed by atoms with Crippen molar-refractivity contribution in [2.75, 3.05) is 32.1 Å². The lowest BCUT2D eigenvalue weighted by Crippen LogP contribution is -2.37. The van der Waals surface area contributed by atoms with Gasteiger partial charge in [-0.15, -0.1) is 0 Å². The Morgan fingerprint density at radius 1 is 0.978 bits per heavy atom. The third-order valence-corrected chi connectivity index (χ3v) is 9.02. The smallest absolute Gasteiger partial charge is 0.220 e. The van der Waals surface area contributed by atoms with Crippen LogP contribution in [0, 0.1) is 5.82 Å². The van der Waals surface area contributed by atoms with Crippen molar-refractivity contribution in [3.63, 3.8) is 0 Å². The van der Waals surface area contributed by atoms with Crippen molar-refractivity contribution in [1.82, 2.24) is 25.9 Å². The van der Waals surface area contributed by atoms with Crippen molar-refractivity contribution in [3.05, 3.63) is 87.9 Å². The first-order valence-corrected chi connectivity index (χ1v) is 16.0. The third-order valence-electron chi connectivity index (χ3n) is 8.23. The first-order valence-electron chi connectivity index (χ1n) is 15.2. The highest BCUT2D eigenvalue weighted by Crippen LogP contribution is 2.41. The van der Waals surface area contributed by atoms with Crippen molar-refractivity contribution >= 4 is 40.6 Å². The number of rotatable bonds is 13. The van der Waals surface area contributed by atoms with E-state index in [9.17, 15) is 4.79 Å². The normalized spacial score (nSPS) is 17.4. The molecule has 0 spiro atoms. The van der Waals surface area contributed by atoms with Gasteiger partial charge in [0.2, 0.25) is 5.91 Å². The van der Waals surface area contributed by atoms with Crippen molar-refractivity contribution in [2.24, 2.45) is 0 Å². The average molecular weight is 666 g/mol. The molecule has 240 valence electrons. The molecule has 6 rings (SSSR count). The zero-order valence-electron chi connectivity index (χ0n) is 25.3. The minimum atomic E-state index is -0.451. The molecule has 2 fully saturated rings. The number of ether oxygens (including phenoxy) is 2. The number of halogens is 3. The molecule has 2 aliphatic rings. The Labute approximate surface area is 277 Å². The number of amides is 1. The number of anilines is 2. The van der Waals surface area contributed by atoms with Crippen LogP contribution in [0.1, 0.15) is 30.4 Å². The molecule has 4 aromatic rings. The van der Waals surface area contributed by atoms with E-state index in [-0.39, 0.29) is 23.9 Å². The minimum Gasteiger partial charge on any atom is -0.496 e. The molecule has 9 nitrogen and oxygen atoms in total. The maximum Gasteiger partial charge on any atom is 0.220 e. The predicted octanol–water partition coefficient (Wildman–Crippen LogP) is 6.26. The molecule has 46 heavy (non-hydrogen) atoms. The van der Waals surface area contributed by atoms with Crippen LogP contribution in [0.5, 0.6) is 5.75 Å². The average Bonchev–Trinajstić information content (AvgIpc) is 3.46. The number of pyridine rings is 2. The van der Waals surface area contributed by atoms with E-state index in [1.54, 1.807) is 37.7 Å². The number of methoxy groups -OCH3 is 1. The number of hydrogen-bond donors (Lipinski definition) is 4. The summed E-state index contributed by atoms with van der Waals surface area (Å²) >= 11 is 13.9. The van der Waals surface area contributed by atoms with Crippen LogP contribution in [0.15, 0.2) is 60.9 Å². The highest BCUT2D eigenvalue weighted by Gasteiger charge is 2.21. The van der Waals surface area contributed by atoms with Crippen molar-refractivity contribution in [1.29, 1.82) is 0 Å². The van der Waals surface area contributed by atoms with Crippen LogP contribution in [0.4, 0.5) is 15.9 Å².